The lowest BCUT2D eigenvalue weighted by Crippen LogP contribution is -2.45. The Labute approximate surface area is 165 Å². The van der Waals surface area contributed by atoms with E-state index < -0.39 is 22.7 Å². The summed E-state index contributed by atoms with van der Waals surface area (Å²) < 4.78 is 40.5. The summed E-state index contributed by atoms with van der Waals surface area (Å²) in [7, 11) is 2.73. The molecule has 0 radical (unpaired) electrons. The summed E-state index contributed by atoms with van der Waals surface area (Å²) in [5.41, 5.74) is 1.39. The van der Waals surface area contributed by atoms with Crippen LogP contribution in [0, 0.1) is 11.6 Å². The van der Waals surface area contributed by atoms with Crippen molar-refractivity contribution in [3.63, 3.8) is 0 Å². The highest BCUT2D eigenvalue weighted by atomic mass is 19.1. The van der Waals surface area contributed by atoms with Crippen LogP contribution in [0.3, 0.4) is 0 Å². The van der Waals surface area contributed by atoms with E-state index in [2.05, 4.69) is 9.97 Å². The van der Waals surface area contributed by atoms with E-state index >= 15 is 8.78 Å². The van der Waals surface area contributed by atoms with Crippen molar-refractivity contribution >= 4 is 22.6 Å². The van der Waals surface area contributed by atoms with Crippen molar-refractivity contribution in [2.75, 3.05) is 19.1 Å². The lowest BCUT2D eigenvalue weighted by atomic mass is 9.85. The van der Waals surface area contributed by atoms with Crippen LogP contribution < -0.4 is 9.64 Å². The van der Waals surface area contributed by atoms with E-state index in [1.54, 1.807) is 12.4 Å². The molecule has 0 unspecified atom stereocenters. The van der Waals surface area contributed by atoms with Gasteiger partial charge in [-0.15, -0.1) is 0 Å². The molecule has 1 fully saturated rings. The van der Waals surface area contributed by atoms with Crippen LogP contribution in [0.5, 0.6) is 5.75 Å². The molecule has 3 aromatic rings. The fraction of sp³-hybridized carbons (Fsp3) is 0.333. The largest absolute Gasteiger partial charge is 0.494 e. The molecule has 2 aliphatic rings. The number of nitrogens with one attached hydrogen (secondary N) is 1. The highest BCUT2D eigenvalue weighted by Gasteiger charge is 2.58. The van der Waals surface area contributed by atoms with Gasteiger partial charge in [0.2, 0.25) is 5.91 Å². The first-order chi connectivity index (χ1) is 14.0. The summed E-state index contributed by atoms with van der Waals surface area (Å²) in [4.78, 5) is 22.2. The Bertz CT molecular complexity index is 1150. The van der Waals surface area contributed by atoms with E-state index in [-0.39, 0.29) is 30.4 Å². The molecular formula is C21H19F2N3O3. The number of carbonyl (C=O) groups excluding carboxylic acids is 1. The first-order valence-corrected chi connectivity index (χ1v) is 9.33. The number of methoxy groups -OCH3 is 2. The molecule has 1 aromatic carbocycles. The number of nitrogens with zero attached hydrogens (tertiary/aromatic N) is 2. The summed E-state index contributed by atoms with van der Waals surface area (Å²) in [6.07, 6.45) is 4.73. The molecule has 3 heterocycles. The first kappa shape index (κ1) is 18.1. The van der Waals surface area contributed by atoms with E-state index in [0.29, 0.717) is 18.5 Å². The molecular weight excluding hydrogens is 380 g/mol. The second-order valence-corrected chi connectivity index (χ2v) is 7.52. The van der Waals surface area contributed by atoms with Crippen LogP contribution >= 0.6 is 0 Å². The second-order valence-electron chi connectivity index (χ2n) is 7.52. The van der Waals surface area contributed by atoms with Crippen LogP contribution in [-0.4, -0.2) is 30.1 Å². The Morgan fingerprint density at radius 2 is 2.07 bits per heavy atom. The fourth-order valence-electron chi connectivity index (χ4n) is 4.41. The van der Waals surface area contributed by atoms with Crippen molar-refractivity contribution < 1.29 is 23.0 Å². The third kappa shape index (κ3) is 2.42. The summed E-state index contributed by atoms with van der Waals surface area (Å²) in [5, 5.41) is 0.889. The summed E-state index contributed by atoms with van der Waals surface area (Å²) in [6.45, 7) is -0.0256. The topological polar surface area (TPSA) is 67.5 Å². The summed E-state index contributed by atoms with van der Waals surface area (Å²) in [5.74, 6) is -2.13. The molecule has 2 aromatic heterocycles. The van der Waals surface area contributed by atoms with Gasteiger partial charge in [0.1, 0.15) is 11.3 Å². The van der Waals surface area contributed by atoms with Crippen molar-refractivity contribution in [3.8, 4) is 5.75 Å². The van der Waals surface area contributed by atoms with Crippen LogP contribution in [0.1, 0.15) is 29.5 Å². The van der Waals surface area contributed by atoms with Crippen molar-refractivity contribution in [3.05, 3.63) is 52.9 Å². The van der Waals surface area contributed by atoms with Gasteiger partial charge < -0.3 is 19.4 Å². The van der Waals surface area contributed by atoms with Crippen LogP contribution in [0.4, 0.5) is 14.5 Å². The third-order valence-corrected chi connectivity index (χ3v) is 5.89. The zero-order chi connectivity index (χ0) is 20.3. The van der Waals surface area contributed by atoms with Gasteiger partial charge in [-0.05, 0) is 36.1 Å². The SMILES string of the molecule is COCc1cc(OC)c(F)c(N2Cc3cnc4[nH]ccc4c3C3(CC3)C2=O)c1F. The summed E-state index contributed by atoms with van der Waals surface area (Å²) in [6, 6.07) is 3.16. The standard InChI is InChI=1S/C21H19F2N3O3/c1-28-10-11-7-14(29-2)17(23)18(16(11)22)26-9-12-8-25-19-13(3-6-24-19)15(12)21(4-5-21)20(26)27/h3,6-8H,4-5,9-10H2,1-2H3,(H,24,25). The lowest BCUT2D eigenvalue weighted by Gasteiger charge is -2.35. The van der Waals surface area contributed by atoms with Gasteiger partial charge in [0.25, 0.3) is 0 Å². The molecule has 29 heavy (non-hydrogen) atoms. The van der Waals surface area contributed by atoms with Gasteiger partial charge in [0.15, 0.2) is 17.4 Å². The Balaban J connectivity index is 1.71. The molecule has 0 saturated heterocycles. The minimum atomic E-state index is -0.895. The maximum Gasteiger partial charge on any atom is 0.238 e. The number of aromatic amines is 1. The van der Waals surface area contributed by atoms with Crippen LogP contribution in [0.25, 0.3) is 11.0 Å². The molecule has 150 valence electrons. The number of H-pyrrole nitrogens is 1. The second kappa shape index (κ2) is 6.25. The Kier molecular flexibility index (Phi) is 3.89. The van der Waals surface area contributed by atoms with E-state index in [0.717, 1.165) is 16.5 Å². The van der Waals surface area contributed by atoms with Crippen molar-refractivity contribution in [2.24, 2.45) is 0 Å². The lowest BCUT2D eigenvalue weighted by molar-refractivity contribution is -0.121. The molecule has 5 rings (SSSR count). The van der Waals surface area contributed by atoms with E-state index in [1.807, 2.05) is 6.07 Å². The van der Waals surface area contributed by atoms with Gasteiger partial charge in [0.05, 0.1) is 25.7 Å². The molecule has 1 amide bonds. The number of halogens is 2. The number of ether oxygens (including phenoxy) is 2. The molecule has 0 atom stereocenters. The number of pyridine rings is 1. The van der Waals surface area contributed by atoms with Crippen molar-refractivity contribution in [1.82, 2.24) is 9.97 Å². The Hall–Kier alpha value is -3.00. The maximum atomic E-state index is 15.3. The van der Waals surface area contributed by atoms with Gasteiger partial charge in [-0.25, -0.2) is 13.8 Å². The molecule has 1 spiro atoms. The van der Waals surface area contributed by atoms with Gasteiger partial charge in [-0.2, -0.15) is 0 Å². The zero-order valence-corrected chi connectivity index (χ0v) is 16.0. The Morgan fingerprint density at radius 1 is 1.28 bits per heavy atom. The number of anilines is 1. The molecule has 8 heteroatoms. The highest BCUT2D eigenvalue weighted by molar-refractivity contribution is 6.08. The molecule has 1 N–H and O–H groups in total. The minimum Gasteiger partial charge on any atom is -0.494 e. The molecule has 0 bridgehead atoms. The maximum absolute atomic E-state index is 15.3. The van der Waals surface area contributed by atoms with Gasteiger partial charge in [-0.1, -0.05) is 0 Å². The number of hydrogen-bond donors (Lipinski definition) is 1. The van der Waals surface area contributed by atoms with E-state index in [4.69, 9.17) is 9.47 Å². The number of benzene rings is 1. The van der Waals surface area contributed by atoms with Gasteiger partial charge >= 0.3 is 0 Å². The monoisotopic (exact) mass is 399 g/mol. The van der Waals surface area contributed by atoms with Crippen LogP contribution in [0.15, 0.2) is 24.5 Å². The first-order valence-electron chi connectivity index (χ1n) is 9.33. The molecule has 1 saturated carbocycles. The average molecular weight is 399 g/mol. The van der Waals surface area contributed by atoms with E-state index in [1.165, 1.54) is 25.2 Å². The normalized spacial score (nSPS) is 17.1. The predicted octanol–water partition coefficient (Wildman–Crippen LogP) is 3.57. The van der Waals surface area contributed by atoms with Crippen LogP contribution in [0.2, 0.25) is 0 Å². The number of hydrogen-bond acceptors (Lipinski definition) is 4. The van der Waals surface area contributed by atoms with Gasteiger partial charge in [-0.3, -0.25) is 4.79 Å². The van der Waals surface area contributed by atoms with E-state index in [9.17, 15) is 4.79 Å². The minimum absolute atomic E-state index is 0.0392. The number of aromatic nitrogens is 2. The van der Waals surface area contributed by atoms with Gasteiger partial charge in [0, 0.05) is 30.5 Å². The number of rotatable bonds is 4. The predicted molar refractivity (Wildman–Crippen MR) is 102 cm³/mol. The van der Waals surface area contributed by atoms with Crippen molar-refractivity contribution in [1.29, 1.82) is 0 Å². The van der Waals surface area contributed by atoms with Crippen molar-refractivity contribution in [2.45, 2.75) is 31.4 Å². The zero-order valence-electron chi connectivity index (χ0n) is 16.0. The number of amides is 1. The molecule has 1 aliphatic heterocycles. The molecule has 6 nitrogen and oxygen atoms in total. The molecule has 1 aliphatic carbocycles. The number of fused-ring (bicyclic) bond motifs is 4. The van der Waals surface area contributed by atoms with Crippen LogP contribution in [-0.2, 0) is 28.1 Å². The Morgan fingerprint density at radius 3 is 2.76 bits per heavy atom. The third-order valence-electron chi connectivity index (χ3n) is 5.89. The summed E-state index contributed by atoms with van der Waals surface area (Å²) >= 11 is 0. The quantitative estimate of drug-likeness (QED) is 0.728. The smallest absolute Gasteiger partial charge is 0.238 e. The highest BCUT2D eigenvalue weighted by Crippen LogP contribution is 2.56. The fourth-order valence-corrected chi connectivity index (χ4v) is 4.41. The number of carbonyl (C=O) groups is 1. The average Bonchev–Trinajstić information content (AvgIpc) is 3.35.